The van der Waals surface area contributed by atoms with E-state index < -0.39 is 46.2 Å². The molecule has 2 unspecified atom stereocenters. The number of hydrogen-bond acceptors (Lipinski definition) is 5. The van der Waals surface area contributed by atoms with Crippen LogP contribution in [0.4, 0.5) is 18.9 Å². The summed E-state index contributed by atoms with van der Waals surface area (Å²) in [6, 6.07) is 9.52. The molecule has 0 radical (unpaired) electrons. The van der Waals surface area contributed by atoms with Gasteiger partial charge in [-0.3, -0.25) is 14.6 Å². The molecule has 178 valence electrons. The molecular weight excluding hydrogens is 471 g/mol. The molecule has 2 atom stereocenters. The number of nitrogens with one attached hydrogen (secondary N) is 3. The highest BCUT2D eigenvalue weighted by Crippen LogP contribution is 2.36. The lowest BCUT2D eigenvalue weighted by atomic mass is 9.91. The van der Waals surface area contributed by atoms with E-state index in [1.807, 2.05) is 0 Å². The van der Waals surface area contributed by atoms with Crippen molar-refractivity contribution in [2.45, 2.75) is 18.6 Å². The van der Waals surface area contributed by atoms with Crippen LogP contribution in [0.1, 0.15) is 29.2 Å². The van der Waals surface area contributed by atoms with Crippen LogP contribution in [0.5, 0.6) is 0 Å². The summed E-state index contributed by atoms with van der Waals surface area (Å²) in [6.45, 7) is 3.69. The van der Waals surface area contributed by atoms with Gasteiger partial charge in [-0.1, -0.05) is 42.4 Å². The zero-order chi connectivity index (χ0) is 25.0. The number of primary amides is 1. The maximum Gasteiger partial charge on any atom is 0.417 e. The van der Waals surface area contributed by atoms with Crippen molar-refractivity contribution < 1.29 is 22.8 Å². The third-order valence-corrected chi connectivity index (χ3v) is 5.56. The van der Waals surface area contributed by atoms with E-state index in [1.165, 1.54) is 6.07 Å². The number of aliphatic imine (C=N–C) groups is 1. The van der Waals surface area contributed by atoms with Gasteiger partial charge in [0.2, 0.25) is 11.8 Å². The van der Waals surface area contributed by atoms with E-state index in [0.29, 0.717) is 23.7 Å². The smallest absolute Gasteiger partial charge is 0.369 e. The number of halogens is 4. The van der Waals surface area contributed by atoms with Crippen molar-refractivity contribution in [2.75, 3.05) is 11.9 Å². The zero-order valence-electron chi connectivity index (χ0n) is 17.7. The van der Waals surface area contributed by atoms with Gasteiger partial charge in [0.1, 0.15) is 11.8 Å². The van der Waals surface area contributed by atoms with Gasteiger partial charge in [-0.05, 0) is 41.8 Å². The fraction of sp³-hybridized carbons (Fsp3) is 0.217. The molecule has 0 saturated carbocycles. The maximum atomic E-state index is 13.3. The van der Waals surface area contributed by atoms with Crippen molar-refractivity contribution in [1.29, 1.82) is 5.41 Å². The van der Waals surface area contributed by atoms with Crippen molar-refractivity contribution in [3.05, 3.63) is 76.8 Å². The van der Waals surface area contributed by atoms with E-state index in [1.54, 1.807) is 24.3 Å². The summed E-state index contributed by atoms with van der Waals surface area (Å²) in [5.41, 5.74) is 5.03. The van der Waals surface area contributed by atoms with Crippen LogP contribution >= 0.6 is 11.6 Å². The third kappa shape index (κ3) is 5.45. The Hall–Kier alpha value is -3.66. The van der Waals surface area contributed by atoms with E-state index in [4.69, 9.17) is 22.7 Å². The molecule has 0 spiro atoms. The van der Waals surface area contributed by atoms with Crippen molar-refractivity contribution in [3.8, 4) is 0 Å². The Morgan fingerprint density at radius 1 is 1.29 bits per heavy atom. The number of carbonyl (C=O) groups excluding carboxylic acids is 2. The minimum atomic E-state index is -4.74. The number of alkyl halides is 3. The fourth-order valence-corrected chi connectivity index (χ4v) is 3.83. The van der Waals surface area contributed by atoms with E-state index >= 15 is 0 Å². The van der Waals surface area contributed by atoms with Crippen LogP contribution in [0.2, 0.25) is 5.02 Å². The SMILES string of the molecule is C=CC(=O)Nc1ccccc1C1CCN=C(C(C(=N)c2ccc(Cl)c(C(F)(F)F)c2)C(N)=O)N1. The summed E-state index contributed by atoms with van der Waals surface area (Å²) in [7, 11) is 0. The summed E-state index contributed by atoms with van der Waals surface area (Å²) in [4.78, 5) is 28.4. The lowest BCUT2D eigenvalue weighted by Crippen LogP contribution is -2.46. The number of amides is 2. The van der Waals surface area contributed by atoms with E-state index in [9.17, 15) is 22.8 Å². The average molecular weight is 492 g/mol. The average Bonchev–Trinajstić information content (AvgIpc) is 2.79. The summed E-state index contributed by atoms with van der Waals surface area (Å²) in [5, 5.41) is 13.7. The molecule has 0 fully saturated rings. The predicted molar refractivity (Wildman–Crippen MR) is 124 cm³/mol. The molecule has 2 aromatic carbocycles. The first kappa shape index (κ1) is 25.0. The van der Waals surface area contributed by atoms with Gasteiger partial charge in [-0.25, -0.2) is 0 Å². The number of para-hydroxylation sites is 1. The highest BCUT2D eigenvalue weighted by molar-refractivity contribution is 6.32. The largest absolute Gasteiger partial charge is 0.417 e. The molecule has 11 heteroatoms. The molecule has 3 rings (SSSR count). The minimum Gasteiger partial charge on any atom is -0.369 e. The molecule has 0 bridgehead atoms. The second kappa shape index (κ2) is 10.1. The maximum absolute atomic E-state index is 13.3. The number of amidine groups is 1. The number of rotatable bonds is 7. The number of carbonyl (C=O) groups is 2. The van der Waals surface area contributed by atoms with Crippen LogP contribution in [0.15, 0.2) is 60.1 Å². The van der Waals surface area contributed by atoms with Crippen LogP contribution in [-0.4, -0.2) is 29.9 Å². The molecule has 0 saturated heterocycles. The Labute approximate surface area is 198 Å². The van der Waals surface area contributed by atoms with Gasteiger partial charge in [0, 0.05) is 12.2 Å². The van der Waals surface area contributed by atoms with Crippen molar-refractivity contribution >= 4 is 40.6 Å². The molecule has 34 heavy (non-hydrogen) atoms. The standard InChI is InChI=1S/C23H21ClF3N5O2/c1-2-18(33)31-16-6-4-3-5-13(16)17-9-10-30-22(32-17)19(21(29)34)20(28)12-7-8-15(24)14(11-12)23(25,26)27/h2-8,11,17,19,28H,1,9-10H2,(H2,29,34)(H,30,32)(H,31,33). The van der Waals surface area contributed by atoms with E-state index in [0.717, 1.165) is 12.1 Å². The molecule has 1 aliphatic heterocycles. The van der Waals surface area contributed by atoms with Crippen LogP contribution in [-0.2, 0) is 15.8 Å². The highest BCUT2D eigenvalue weighted by Gasteiger charge is 2.36. The Bertz CT molecular complexity index is 1180. The third-order valence-electron chi connectivity index (χ3n) is 5.23. The Balaban J connectivity index is 1.92. The normalized spacial score (nSPS) is 16.6. The lowest BCUT2D eigenvalue weighted by molar-refractivity contribution is -0.137. The van der Waals surface area contributed by atoms with Gasteiger partial charge in [-0.2, -0.15) is 13.2 Å². The Morgan fingerprint density at radius 3 is 2.65 bits per heavy atom. The van der Waals surface area contributed by atoms with E-state index in [-0.39, 0.29) is 17.9 Å². The van der Waals surface area contributed by atoms with Crippen LogP contribution in [0, 0.1) is 11.3 Å². The molecule has 0 aromatic heterocycles. The Kier molecular flexibility index (Phi) is 7.41. The fourth-order valence-electron chi connectivity index (χ4n) is 3.61. The van der Waals surface area contributed by atoms with Gasteiger partial charge in [0.25, 0.3) is 0 Å². The number of anilines is 1. The molecule has 5 N–H and O–H groups in total. The summed E-state index contributed by atoms with van der Waals surface area (Å²) < 4.78 is 39.8. The van der Waals surface area contributed by atoms with Crippen molar-refractivity contribution in [1.82, 2.24) is 5.32 Å². The molecular formula is C23H21ClF3N5O2. The van der Waals surface area contributed by atoms with E-state index in [2.05, 4.69) is 22.2 Å². The topological polar surface area (TPSA) is 120 Å². The molecule has 7 nitrogen and oxygen atoms in total. The zero-order valence-corrected chi connectivity index (χ0v) is 18.5. The van der Waals surface area contributed by atoms with Crippen molar-refractivity contribution in [3.63, 3.8) is 0 Å². The molecule has 1 aliphatic rings. The lowest BCUT2D eigenvalue weighted by Gasteiger charge is -2.30. The van der Waals surface area contributed by atoms with Crippen LogP contribution < -0.4 is 16.4 Å². The van der Waals surface area contributed by atoms with Gasteiger partial charge < -0.3 is 21.8 Å². The number of nitrogens with two attached hydrogens (primary N) is 1. The Morgan fingerprint density at radius 2 is 2.00 bits per heavy atom. The molecule has 2 aromatic rings. The summed E-state index contributed by atoms with van der Waals surface area (Å²) >= 11 is 5.67. The van der Waals surface area contributed by atoms with Gasteiger partial charge >= 0.3 is 6.18 Å². The van der Waals surface area contributed by atoms with Gasteiger partial charge in [-0.15, -0.1) is 0 Å². The first-order chi connectivity index (χ1) is 16.0. The predicted octanol–water partition coefficient (Wildman–Crippen LogP) is 4.09. The number of nitrogens with zero attached hydrogens (tertiary/aromatic N) is 1. The highest BCUT2D eigenvalue weighted by atomic mass is 35.5. The molecule has 1 heterocycles. The number of benzene rings is 2. The number of hydrogen-bond donors (Lipinski definition) is 4. The summed E-state index contributed by atoms with van der Waals surface area (Å²) in [6.07, 6.45) is -3.10. The summed E-state index contributed by atoms with van der Waals surface area (Å²) in [5.74, 6) is -2.71. The molecule has 0 aliphatic carbocycles. The molecule has 2 amide bonds. The van der Waals surface area contributed by atoms with Gasteiger partial charge in [0.05, 0.1) is 22.3 Å². The second-order valence-corrected chi connectivity index (χ2v) is 7.88. The first-order valence-corrected chi connectivity index (χ1v) is 10.5. The van der Waals surface area contributed by atoms with Gasteiger partial charge in [0.15, 0.2) is 0 Å². The van der Waals surface area contributed by atoms with Crippen LogP contribution in [0.3, 0.4) is 0 Å². The quantitative estimate of drug-likeness (QED) is 0.345. The van der Waals surface area contributed by atoms with Crippen molar-refractivity contribution in [2.24, 2.45) is 16.6 Å². The monoisotopic (exact) mass is 491 g/mol. The van der Waals surface area contributed by atoms with Crippen LogP contribution in [0.25, 0.3) is 0 Å². The minimum absolute atomic E-state index is 0.0575. The second-order valence-electron chi connectivity index (χ2n) is 7.47. The first-order valence-electron chi connectivity index (χ1n) is 10.1.